The summed E-state index contributed by atoms with van der Waals surface area (Å²) >= 11 is 0. The molecule has 2 aromatic rings. The van der Waals surface area contributed by atoms with Gasteiger partial charge in [-0.3, -0.25) is 0 Å². The van der Waals surface area contributed by atoms with Gasteiger partial charge in [0.1, 0.15) is 11.9 Å². The number of rotatable bonds is 3. The lowest BCUT2D eigenvalue weighted by Gasteiger charge is -2.34. The van der Waals surface area contributed by atoms with Crippen molar-refractivity contribution in [2.24, 2.45) is 0 Å². The highest BCUT2D eigenvalue weighted by Gasteiger charge is 2.42. The average molecular weight is 318 g/mol. The predicted molar refractivity (Wildman–Crippen MR) is 79.5 cm³/mol. The molecule has 1 atom stereocenters. The minimum absolute atomic E-state index is 0.0960. The Balaban J connectivity index is 1.72. The number of benzene rings is 1. The zero-order valence-corrected chi connectivity index (χ0v) is 12.8. The van der Waals surface area contributed by atoms with E-state index in [0.717, 1.165) is 37.9 Å². The summed E-state index contributed by atoms with van der Waals surface area (Å²) in [5.41, 5.74) is 0.584. The zero-order valence-electron chi connectivity index (χ0n) is 12.8. The Kier molecular flexibility index (Phi) is 3.87. The van der Waals surface area contributed by atoms with Gasteiger partial charge in [0.15, 0.2) is 0 Å². The minimum atomic E-state index is -0.407. The second-order valence-corrected chi connectivity index (χ2v) is 6.15. The SMILES string of the molecule is Fc1ccc(C2(c3nnc([C@H]4CCCO4)o3)CCOCC2)cc1. The van der Waals surface area contributed by atoms with Crippen molar-refractivity contribution >= 4 is 0 Å². The molecule has 0 unspecified atom stereocenters. The summed E-state index contributed by atoms with van der Waals surface area (Å²) in [6.07, 6.45) is 3.31. The van der Waals surface area contributed by atoms with E-state index in [-0.39, 0.29) is 11.9 Å². The summed E-state index contributed by atoms with van der Waals surface area (Å²) in [7, 11) is 0. The Morgan fingerprint density at radius 2 is 1.83 bits per heavy atom. The van der Waals surface area contributed by atoms with Gasteiger partial charge in [0.05, 0.1) is 5.41 Å². The second-order valence-electron chi connectivity index (χ2n) is 6.15. The highest BCUT2D eigenvalue weighted by atomic mass is 19.1. The second kappa shape index (κ2) is 6.02. The molecule has 2 aliphatic heterocycles. The maximum atomic E-state index is 13.3. The highest BCUT2D eigenvalue weighted by molar-refractivity contribution is 5.32. The van der Waals surface area contributed by atoms with Gasteiger partial charge in [-0.15, -0.1) is 10.2 Å². The Morgan fingerprint density at radius 1 is 1.04 bits per heavy atom. The van der Waals surface area contributed by atoms with Crippen LogP contribution in [0.4, 0.5) is 4.39 Å². The normalized spacial score (nSPS) is 24.0. The number of hydrogen-bond donors (Lipinski definition) is 0. The summed E-state index contributed by atoms with van der Waals surface area (Å²) < 4.78 is 30.4. The van der Waals surface area contributed by atoms with E-state index in [1.165, 1.54) is 12.1 Å². The van der Waals surface area contributed by atoms with Crippen molar-refractivity contribution in [2.45, 2.75) is 37.2 Å². The van der Waals surface area contributed by atoms with Crippen molar-refractivity contribution in [3.63, 3.8) is 0 Å². The van der Waals surface area contributed by atoms with Gasteiger partial charge >= 0.3 is 0 Å². The largest absolute Gasteiger partial charge is 0.421 e. The first-order valence-corrected chi connectivity index (χ1v) is 8.07. The van der Waals surface area contributed by atoms with Crippen LogP contribution in [0.25, 0.3) is 0 Å². The third-order valence-corrected chi connectivity index (χ3v) is 4.80. The van der Waals surface area contributed by atoms with Crippen molar-refractivity contribution in [1.82, 2.24) is 10.2 Å². The molecule has 0 radical (unpaired) electrons. The first-order valence-electron chi connectivity index (χ1n) is 8.07. The topological polar surface area (TPSA) is 57.4 Å². The Hall–Kier alpha value is -1.79. The molecule has 2 saturated heterocycles. The van der Waals surface area contributed by atoms with Gasteiger partial charge in [0.2, 0.25) is 11.8 Å². The molecule has 0 aliphatic carbocycles. The van der Waals surface area contributed by atoms with Crippen molar-refractivity contribution in [1.29, 1.82) is 0 Å². The van der Waals surface area contributed by atoms with Gasteiger partial charge < -0.3 is 13.9 Å². The van der Waals surface area contributed by atoms with Crippen LogP contribution in [-0.2, 0) is 14.9 Å². The Labute approximate surface area is 133 Å². The van der Waals surface area contributed by atoms with E-state index in [9.17, 15) is 4.39 Å². The molecule has 1 aromatic carbocycles. The van der Waals surface area contributed by atoms with Crippen LogP contribution in [0, 0.1) is 5.82 Å². The third kappa shape index (κ3) is 2.66. The van der Waals surface area contributed by atoms with E-state index in [1.54, 1.807) is 12.1 Å². The molecule has 0 spiro atoms. The number of hydrogen-bond acceptors (Lipinski definition) is 5. The first kappa shape index (κ1) is 14.8. The molecule has 23 heavy (non-hydrogen) atoms. The Morgan fingerprint density at radius 3 is 2.52 bits per heavy atom. The molecule has 2 aliphatic rings. The van der Waals surface area contributed by atoms with E-state index in [2.05, 4.69) is 10.2 Å². The zero-order chi connectivity index (χ0) is 15.7. The maximum absolute atomic E-state index is 13.3. The summed E-state index contributed by atoms with van der Waals surface area (Å²) in [4.78, 5) is 0. The van der Waals surface area contributed by atoms with E-state index in [4.69, 9.17) is 13.9 Å². The van der Waals surface area contributed by atoms with E-state index < -0.39 is 5.41 Å². The van der Waals surface area contributed by atoms with Crippen LogP contribution in [0.2, 0.25) is 0 Å². The molecular formula is C17H19FN2O3. The molecule has 122 valence electrons. The Bertz CT molecular complexity index is 659. The fourth-order valence-electron chi connectivity index (χ4n) is 3.45. The summed E-state index contributed by atoms with van der Waals surface area (Å²) in [5, 5.41) is 8.51. The molecule has 3 heterocycles. The molecule has 0 saturated carbocycles. The molecule has 4 rings (SSSR count). The standard InChI is InChI=1S/C17H19FN2O3/c18-13-5-3-12(4-6-13)17(7-10-21-11-8-17)16-20-19-15(23-16)14-2-1-9-22-14/h3-6,14H,1-2,7-11H2/t14-/m1/s1. The molecule has 0 bridgehead atoms. The van der Waals surface area contributed by atoms with E-state index >= 15 is 0 Å². The lowest BCUT2D eigenvalue weighted by atomic mass is 9.74. The number of nitrogens with zero attached hydrogens (tertiary/aromatic N) is 2. The van der Waals surface area contributed by atoms with E-state index in [0.29, 0.717) is 25.0 Å². The van der Waals surface area contributed by atoms with Crippen LogP contribution in [-0.4, -0.2) is 30.0 Å². The quantitative estimate of drug-likeness (QED) is 0.870. The molecule has 5 nitrogen and oxygen atoms in total. The third-order valence-electron chi connectivity index (χ3n) is 4.80. The molecular weight excluding hydrogens is 299 g/mol. The van der Waals surface area contributed by atoms with Gasteiger partial charge in [-0.2, -0.15) is 0 Å². The molecule has 6 heteroatoms. The fourth-order valence-corrected chi connectivity index (χ4v) is 3.45. The van der Waals surface area contributed by atoms with E-state index in [1.807, 2.05) is 0 Å². The van der Waals surface area contributed by atoms with Crippen LogP contribution in [0.5, 0.6) is 0 Å². The minimum Gasteiger partial charge on any atom is -0.421 e. The number of aromatic nitrogens is 2. The predicted octanol–water partition coefficient (Wildman–Crippen LogP) is 3.16. The highest BCUT2D eigenvalue weighted by Crippen LogP contribution is 2.41. The first-order chi connectivity index (χ1) is 11.3. The molecule has 0 amide bonds. The summed E-state index contributed by atoms with van der Waals surface area (Å²) in [6.45, 7) is 1.98. The van der Waals surface area contributed by atoms with Crippen LogP contribution >= 0.6 is 0 Å². The smallest absolute Gasteiger partial charge is 0.245 e. The van der Waals surface area contributed by atoms with Crippen molar-refractivity contribution in [2.75, 3.05) is 19.8 Å². The van der Waals surface area contributed by atoms with Gasteiger partial charge in [-0.25, -0.2) is 4.39 Å². The van der Waals surface area contributed by atoms with Gasteiger partial charge in [0.25, 0.3) is 0 Å². The number of halogens is 1. The number of ether oxygens (including phenoxy) is 2. The van der Waals surface area contributed by atoms with Crippen LogP contribution < -0.4 is 0 Å². The van der Waals surface area contributed by atoms with Gasteiger partial charge in [-0.1, -0.05) is 12.1 Å². The average Bonchev–Trinajstić information content (AvgIpc) is 3.28. The maximum Gasteiger partial charge on any atom is 0.245 e. The molecule has 2 fully saturated rings. The van der Waals surface area contributed by atoms with Crippen molar-refractivity contribution in [3.8, 4) is 0 Å². The monoisotopic (exact) mass is 318 g/mol. The van der Waals surface area contributed by atoms with Gasteiger partial charge in [0, 0.05) is 19.8 Å². The van der Waals surface area contributed by atoms with Crippen LogP contribution in [0.15, 0.2) is 28.7 Å². The molecule has 1 aromatic heterocycles. The molecule has 0 N–H and O–H groups in total. The van der Waals surface area contributed by atoms with Gasteiger partial charge in [-0.05, 0) is 43.4 Å². The summed E-state index contributed by atoms with van der Waals surface area (Å²) in [6, 6.07) is 6.56. The van der Waals surface area contributed by atoms with Crippen molar-refractivity contribution < 1.29 is 18.3 Å². The van der Waals surface area contributed by atoms with Crippen molar-refractivity contribution in [3.05, 3.63) is 47.4 Å². The fraction of sp³-hybridized carbons (Fsp3) is 0.529. The van der Waals surface area contributed by atoms with Crippen LogP contribution in [0.1, 0.15) is 49.1 Å². The van der Waals surface area contributed by atoms with Crippen LogP contribution in [0.3, 0.4) is 0 Å². The lowest BCUT2D eigenvalue weighted by molar-refractivity contribution is 0.0504. The summed E-state index contributed by atoms with van der Waals surface area (Å²) in [5.74, 6) is 0.880. The lowest BCUT2D eigenvalue weighted by Crippen LogP contribution is -2.35.